The van der Waals surface area contributed by atoms with Gasteiger partial charge in [0, 0.05) is 36.7 Å². The molecule has 0 saturated carbocycles. The van der Waals surface area contributed by atoms with Gasteiger partial charge in [-0.25, -0.2) is 0 Å². The molecule has 0 aliphatic carbocycles. The molecule has 1 aromatic heterocycles. The first-order valence-corrected chi connectivity index (χ1v) is 10.9. The summed E-state index contributed by atoms with van der Waals surface area (Å²) in [6.07, 6.45) is 2.11. The first-order chi connectivity index (χ1) is 15.4. The van der Waals surface area contributed by atoms with Gasteiger partial charge in [-0.3, -0.25) is 14.3 Å². The topological polar surface area (TPSA) is 64.0 Å². The molecule has 0 radical (unpaired) electrons. The normalized spacial score (nSPS) is 12.6. The highest BCUT2D eigenvalue weighted by molar-refractivity contribution is 6.26. The van der Waals surface area contributed by atoms with Crippen molar-refractivity contribution in [2.24, 2.45) is 7.05 Å². The van der Waals surface area contributed by atoms with Crippen LogP contribution < -0.4 is 5.32 Å². The lowest BCUT2D eigenvalue weighted by Gasteiger charge is -2.15. The monoisotopic (exact) mass is 423 g/mol. The van der Waals surface area contributed by atoms with Crippen LogP contribution in [0.15, 0.2) is 60.8 Å². The largest absolute Gasteiger partial charge is 0.349 e. The number of benzene rings is 4. The highest BCUT2D eigenvalue weighted by atomic mass is 16.2. The number of carbonyl (C=O) groups excluding carboxylic acids is 2. The summed E-state index contributed by atoms with van der Waals surface area (Å²) in [5.41, 5.74) is 2.68. The minimum absolute atomic E-state index is 0.0108. The molecule has 1 N–H and O–H groups in total. The number of ketones is 1. The second-order valence-corrected chi connectivity index (χ2v) is 8.49. The van der Waals surface area contributed by atoms with E-state index in [-0.39, 0.29) is 30.6 Å². The molecule has 4 aromatic carbocycles. The average Bonchev–Trinajstić information content (AvgIpc) is 3.14. The van der Waals surface area contributed by atoms with Crippen molar-refractivity contribution < 1.29 is 9.59 Å². The molecular weight excluding hydrogens is 398 g/mol. The highest BCUT2D eigenvalue weighted by Crippen LogP contribution is 2.36. The molecule has 5 rings (SSSR count). The number of aromatic nitrogens is 2. The fourth-order valence-corrected chi connectivity index (χ4v) is 4.67. The molecule has 32 heavy (non-hydrogen) atoms. The summed E-state index contributed by atoms with van der Waals surface area (Å²) in [4.78, 5) is 25.6. The Labute approximate surface area is 186 Å². The van der Waals surface area contributed by atoms with Crippen LogP contribution in [0.4, 0.5) is 0 Å². The van der Waals surface area contributed by atoms with Crippen LogP contribution in [0.3, 0.4) is 0 Å². The van der Waals surface area contributed by atoms with E-state index in [9.17, 15) is 9.59 Å². The third kappa shape index (κ3) is 3.30. The zero-order chi connectivity index (χ0) is 22.4. The molecule has 0 spiro atoms. The summed E-state index contributed by atoms with van der Waals surface area (Å²) in [5.74, 6) is -0.143. The fraction of sp³-hybridized carbons (Fsp3) is 0.222. The zero-order valence-corrected chi connectivity index (χ0v) is 18.5. The van der Waals surface area contributed by atoms with Crippen molar-refractivity contribution >= 4 is 44.0 Å². The van der Waals surface area contributed by atoms with Gasteiger partial charge in [0.2, 0.25) is 5.91 Å². The van der Waals surface area contributed by atoms with E-state index in [1.54, 1.807) is 10.9 Å². The van der Waals surface area contributed by atoms with Gasteiger partial charge < -0.3 is 5.32 Å². The van der Waals surface area contributed by atoms with Crippen molar-refractivity contribution in [1.29, 1.82) is 0 Å². The van der Waals surface area contributed by atoms with E-state index >= 15 is 0 Å². The number of hydrogen-bond donors (Lipinski definition) is 1. The molecule has 5 nitrogen and oxygen atoms in total. The van der Waals surface area contributed by atoms with Crippen LogP contribution in [0.1, 0.15) is 47.4 Å². The van der Waals surface area contributed by atoms with Gasteiger partial charge >= 0.3 is 0 Å². The first-order valence-electron chi connectivity index (χ1n) is 10.9. The quantitative estimate of drug-likeness (QED) is 0.291. The van der Waals surface area contributed by atoms with Gasteiger partial charge in [-0.05, 0) is 46.2 Å². The van der Waals surface area contributed by atoms with Gasteiger partial charge in [-0.2, -0.15) is 5.10 Å². The van der Waals surface area contributed by atoms with Gasteiger partial charge in [0.15, 0.2) is 5.78 Å². The number of Topliss-reactive ketones (excluding diaryl/α,β-unsaturated/α-hetero) is 1. The Bertz CT molecular complexity index is 1470. The summed E-state index contributed by atoms with van der Waals surface area (Å²) in [7, 11) is 1.88. The molecular formula is C27H25N3O2. The van der Waals surface area contributed by atoms with Crippen LogP contribution in [0, 0.1) is 6.92 Å². The molecule has 0 aliphatic heterocycles. The van der Waals surface area contributed by atoms with Crippen LogP contribution in [-0.2, 0) is 11.8 Å². The number of amides is 1. The van der Waals surface area contributed by atoms with E-state index < -0.39 is 0 Å². The van der Waals surface area contributed by atoms with Crippen LogP contribution >= 0.6 is 0 Å². The minimum atomic E-state index is -0.152. The number of carbonyl (C=O) groups is 2. The van der Waals surface area contributed by atoms with E-state index in [4.69, 9.17) is 0 Å². The van der Waals surface area contributed by atoms with Crippen molar-refractivity contribution in [3.05, 3.63) is 77.6 Å². The van der Waals surface area contributed by atoms with Gasteiger partial charge in [-0.1, -0.05) is 54.6 Å². The number of aryl methyl sites for hydroxylation is 1. The highest BCUT2D eigenvalue weighted by Gasteiger charge is 2.18. The van der Waals surface area contributed by atoms with Gasteiger partial charge in [0.1, 0.15) is 0 Å². The number of nitrogens with zero attached hydrogens (tertiary/aromatic N) is 2. The average molecular weight is 424 g/mol. The molecule has 0 bridgehead atoms. The molecule has 0 saturated heterocycles. The molecule has 5 aromatic rings. The maximum absolute atomic E-state index is 13.1. The predicted octanol–water partition coefficient (Wildman–Crippen LogP) is 5.47. The summed E-state index contributed by atoms with van der Waals surface area (Å²) < 4.78 is 1.79. The number of nitrogens with one attached hydrogen (secondary N) is 1. The van der Waals surface area contributed by atoms with Crippen LogP contribution in [0.2, 0.25) is 0 Å². The molecule has 0 unspecified atom stereocenters. The first kappa shape index (κ1) is 20.2. The Kier molecular flexibility index (Phi) is 4.89. The van der Waals surface area contributed by atoms with E-state index in [2.05, 4.69) is 46.8 Å². The smallest absolute Gasteiger partial charge is 0.220 e. The Morgan fingerprint density at radius 2 is 1.59 bits per heavy atom. The van der Waals surface area contributed by atoms with Crippen LogP contribution in [0.5, 0.6) is 0 Å². The van der Waals surface area contributed by atoms with Crippen molar-refractivity contribution in [2.75, 3.05) is 0 Å². The zero-order valence-electron chi connectivity index (χ0n) is 18.5. The third-order valence-corrected chi connectivity index (χ3v) is 6.53. The molecule has 0 aliphatic rings. The Morgan fingerprint density at radius 3 is 2.28 bits per heavy atom. The molecule has 1 atom stereocenters. The molecule has 160 valence electrons. The lowest BCUT2D eigenvalue weighted by atomic mass is 9.90. The predicted molar refractivity (Wildman–Crippen MR) is 128 cm³/mol. The molecule has 0 fully saturated rings. The van der Waals surface area contributed by atoms with Crippen LogP contribution in [-0.4, -0.2) is 21.5 Å². The van der Waals surface area contributed by atoms with E-state index in [1.807, 2.05) is 39.1 Å². The lowest BCUT2D eigenvalue weighted by molar-refractivity contribution is -0.121. The summed E-state index contributed by atoms with van der Waals surface area (Å²) in [6, 6.07) is 18.3. The number of hydrogen-bond acceptors (Lipinski definition) is 3. The second-order valence-electron chi connectivity index (χ2n) is 8.49. The summed E-state index contributed by atoms with van der Waals surface area (Å²) in [5, 5.41) is 14.0. The molecule has 1 amide bonds. The Morgan fingerprint density at radius 1 is 0.938 bits per heavy atom. The van der Waals surface area contributed by atoms with Crippen molar-refractivity contribution in [3.63, 3.8) is 0 Å². The van der Waals surface area contributed by atoms with Gasteiger partial charge in [0.25, 0.3) is 0 Å². The lowest BCUT2D eigenvalue weighted by Crippen LogP contribution is -2.27. The standard InChI is InChI=1S/C27H25N3O2/c1-16(23-15-28-30(3)17(23)2)29-25(32)14-13-24(31)21-11-9-20-8-7-18-5-4-6-19-10-12-22(21)27(20)26(18)19/h4-12,15-16H,13-14H2,1-3H3,(H,29,32)/t16-/m0/s1. The van der Waals surface area contributed by atoms with Crippen molar-refractivity contribution in [2.45, 2.75) is 32.7 Å². The van der Waals surface area contributed by atoms with Gasteiger partial charge in [0.05, 0.1) is 12.2 Å². The van der Waals surface area contributed by atoms with E-state index in [0.717, 1.165) is 27.4 Å². The summed E-state index contributed by atoms with van der Waals surface area (Å²) in [6.45, 7) is 3.91. The molecule has 5 heteroatoms. The number of rotatable bonds is 6. The van der Waals surface area contributed by atoms with E-state index in [0.29, 0.717) is 5.56 Å². The second kappa shape index (κ2) is 7.75. The summed E-state index contributed by atoms with van der Waals surface area (Å²) >= 11 is 0. The Balaban J connectivity index is 1.37. The van der Waals surface area contributed by atoms with E-state index in [1.165, 1.54) is 16.2 Å². The van der Waals surface area contributed by atoms with Crippen molar-refractivity contribution in [1.82, 2.24) is 15.1 Å². The minimum Gasteiger partial charge on any atom is -0.349 e. The third-order valence-electron chi connectivity index (χ3n) is 6.53. The van der Waals surface area contributed by atoms with Gasteiger partial charge in [-0.15, -0.1) is 0 Å². The maximum Gasteiger partial charge on any atom is 0.220 e. The molecule has 1 heterocycles. The maximum atomic E-state index is 13.1. The Hall–Kier alpha value is -3.73. The van der Waals surface area contributed by atoms with Crippen molar-refractivity contribution in [3.8, 4) is 0 Å². The SMILES string of the molecule is Cc1c([C@H](C)NC(=O)CCC(=O)c2ccc3ccc4cccc5ccc2c3c45)cnn1C. The van der Waals surface area contributed by atoms with Crippen LogP contribution in [0.25, 0.3) is 32.3 Å². The fourth-order valence-electron chi connectivity index (χ4n) is 4.67.